The normalized spacial score (nSPS) is 10.4. The first-order chi connectivity index (χ1) is 10.8. The number of nitrogens with one attached hydrogen (secondary N) is 2. The summed E-state index contributed by atoms with van der Waals surface area (Å²) in [6.45, 7) is 2.90. The molecule has 0 heterocycles. The summed E-state index contributed by atoms with van der Waals surface area (Å²) in [4.78, 5) is 0. The van der Waals surface area contributed by atoms with Gasteiger partial charge in [-0.15, -0.1) is 0 Å². The molecule has 0 aromatic heterocycles. The predicted octanol–water partition coefficient (Wildman–Crippen LogP) is 4.78. The van der Waals surface area contributed by atoms with Crippen LogP contribution in [-0.4, -0.2) is 0 Å². The molecular formula is C20H20N2. The summed E-state index contributed by atoms with van der Waals surface area (Å²) in [7, 11) is 0. The molecule has 2 heteroatoms. The third-order valence-electron chi connectivity index (χ3n) is 3.64. The average molecular weight is 288 g/mol. The summed E-state index contributed by atoms with van der Waals surface area (Å²) in [5.74, 6) is 0. The highest BCUT2D eigenvalue weighted by Gasteiger charge is 1.98. The first-order valence-corrected chi connectivity index (χ1v) is 7.51. The fourth-order valence-corrected chi connectivity index (χ4v) is 2.34. The van der Waals surface area contributed by atoms with Crippen LogP contribution in [0.1, 0.15) is 11.1 Å². The van der Waals surface area contributed by atoms with Crippen molar-refractivity contribution in [2.75, 3.05) is 5.43 Å². The highest BCUT2D eigenvalue weighted by molar-refractivity contribution is 5.66. The molecule has 0 aliphatic rings. The molecule has 2 N–H and O–H groups in total. The lowest BCUT2D eigenvalue weighted by molar-refractivity contribution is 0.801. The number of hydrogen-bond donors (Lipinski definition) is 2. The molecule has 3 aromatic rings. The van der Waals surface area contributed by atoms with Gasteiger partial charge in [0.1, 0.15) is 0 Å². The molecule has 0 saturated heterocycles. The maximum absolute atomic E-state index is 3.23. The average Bonchev–Trinajstić information content (AvgIpc) is 2.57. The number of benzene rings is 3. The fraction of sp³-hybridized carbons (Fsp3) is 0.100. The molecule has 2 nitrogen and oxygen atoms in total. The zero-order valence-electron chi connectivity index (χ0n) is 12.7. The van der Waals surface area contributed by atoms with Gasteiger partial charge in [-0.25, -0.2) is 5.43 Å². The number of hydrogen-bond acceptors (Lipinski definition) is 2. The van der Waals surface area contributed by atoms with Crippen molar-refractivity contribution in [3.05, 3.63) is 90.0 Å². The molecule has 0 aliphatic carbocycles. The maximum atomic E-state index is 3.23. The lowest BCUT2D eigenvalue weighted by Gasteiger charge is -2.09. The van der Waals surface area contributed by atoms with E-state index in [1.165, 1.54) is 22.3 Å². The van der Waals surface area contributed by atoms with Crippen LogP contribution >= 0.6 is 0 Å². The van der Waals surface area contributed by atoms with Gasteiger partial charge in [0, 0.05) is 12.2 Å². The highest BCUT2D eigenvalue weighted by atomic mass is 15.3. The van der Waals surface area contributed by atoms with Crippen LogP contribution in [0.2, 0.25) is 0 Å². The molecule has 0 amide bonds. The summed E-state index contributed by atoms with van der Waals surface area (Å²) in [6.07, 6.45) is 0. The van der Waals surface area contributed by atoms with Crippen molar-refractivity contribution in [1.82, 2.24) is 5.43 Å². The van der Waals surface area contributed by atoms with Gasteiger partial charge in [-0.2, -0.15) is 0 Å². The standard InChI is InChI=1S/C20H20N2/c1-16-7-9-18(10-8-16)19-11-13-20(14-12-19)22-21-15-17-5-3-2-4-6-17/h2-14,21-22H,15H2,1H3. The Kier molecular flexibility index (Phi) is 4.52. The van der Waals surface area contributed by atoms with Crippen LogP contribution in [0, 0.1) is 6.92 Å². The maximum Gasteiger partial charge on any atom is 0.0488 e. The quantitative estimate of drug-likeness (QED) is 0.660. The van der Waals surface area contributed by atoms with Crippen LogP contribution < -0.4 is 10.9 Å². The van der Waals surface area contributed by atoms with E-state index in [1.807, 2.05) is 18.2 Å². The molecule has 0 spiro atoms. The van der Waals surface area contributed by atoms with Crippen molar-refractivity contribution in [3.63, 3.8) is 0 Å². The van der Waals surface area contributed by atoms with E-state index in [1.54, 1.807) is 0 Å². The second kappa shape index (κ2) is 6.92. The number of aryl methyl sites for hydroxylation is 1. The molecule has 0 unspecified atom stereocenters. The molecule has 22 heavy (non-hydrogen) atoms. The fourth-order valence-electron chi connectivity index (χ4n) is 2.34. The van der Waals surface area contributed by atoms with E-state index < -0.39 is 0 Å². The van der Waals surface area contributed by atoms with E-state index in [0.717, 1.165) is 12.2 Å². The molecule has 3 rings (SSSR count). The van der Waals surface area contributed by atoms with Crippen LogP contribution in [0.4, 0.5) is 5.69 Å². The van der Waals surface area contributed by atoms with Gasteiger partial charge in [-0.1, -0.05) is 72.3 Å². The van der Waals surface area contributed by atoms with Crippen LogP contribution in [0.15, 0.2) is 78.9 Å². The zero-order chi connectivity index (χ0) is 15.2. The first-order valence-electron chi connectivity index (χ1n) is 7.51. The summed E-state index contributed by atoms with van der Waals surface area (Å²) < 4.78 is 0. The van der Waals surface area contributed by atoms with E-state index in [2.05, 4.69) is 78.4 Å². The molecule has 110 valence electrons. The van der Waals surface area contributed by atoms with Gasteiger partial charge >= 0.3 is 0 Å². The molecule has 3 aromatic carbocycles. The van der Waals surface area contributed by atoms with Crippen molar-refractivity contribution in [2.45, 2.75) is 13.5 Å². The van der Waals surface area contributed by atoms with Gasteiger partial charge in [-0.3, -0.25) is 0 Å². The minimum atomic E-state index is 0.792. The smallest absolute Gasteiger partial charge is 0.0488 e. The predicted molar refractivity (Wildman–Crippen MR) is 93.5 cm³/mol. The zero-order valence-corrected chi connectivity index (χ0v) is 12.7. The van der Waals surface area contributed by atoms with Crippen molar-refractivity contribution >= 4 is 5.69 Å². The number of hydrazine groups is 1. The summed E-state index contributed by atoms with van der Waals surface area (Å²) in [6, 6.07) is 27.4. The number of rotatable bonds is 5. The second-order valence-corrected chi connectivity index (χ2v) is 5.41. The Morgan fingerprint density at radius 2 is 1.27 bits per heavy atom. The molecule has 0 bridgehead atoms. The van der Waals surface area contributed by atoms with Crippen molar-refractivity contribution in [1.29, 1.82) is 0 Å². The monoisotopic (exact) mass is 288 g/mol. The molecule has 0 radical (unpaired) electrons. The van der Waals surface area contributed by atoms with Crippen LogP contribution in [0.3, 0.4) is 0 Å². The largest absolute Gasteiger partial charge is 0.321 e. The summed E-state index contributed by atoms with van der Waals surface area (Å²) >= 11 is 0. The SMILES string of the molecule is Cc1ccc(-c2ccc(NNCc3ccccc3)cc2)cc1. The molecule has 0 aliphatic heterocycles. The van der Waals surface area contributed by atoms with Gasteiger partial charge < -0.3 is 5.43 Å². The second-order valence-electron chi connectivity index (χ2n) is 5.41. The van der Waals surface area contributed by atoms with Crippen LogP contribution in [0.5, 0.6) is 0 Å². The van der Waals surface area contributed by atoms with Crippen molar-refractivity contribution in [2.24, 2.45) is 0 Å². The molecule has 0 saturated carbocycles. The number of anilines is 1. The third kappa shape index (κ3) is 3.74. The Morgan fingerprint density at radius 1 is 0.682 bits per heavy atom. The third-order valence-corrected chi connectivity index (χ3v) is 3.64. The minimum Gasteiger partial charge on any atom is -0.321 e. The van der Waals surface area contributed by atoms with Gasteiger partial charge in [-0.05, 0) is 35.7 Å². The summed E-state index contributed by atoms with van der Waals surface area (Å²) in [5.41, 5.74) is 12.5. The van der Waals surface area contributed by atoms with Crippen LogP contribution in [-0.2, 0) is 6.54 Å². The highest BCUT2D eigenvalue weighted by Crippen LogP contribution is 2.21. The topological polar surface area (TPSA) is 24.1 Å². The first kappa shape index (κ1) is 14.4. The van der Waals surface area contributed by atoms with E-state index in [9.17, 15) is 0 Å². The molecule has 0 fully saturated rings. The van der Waals surface area contributed by atoms with E-state index in [-0.39, 0.29) is 0 Å². The van der Waals surface area contributed by atoms with E-state index >= 15 is 0 Å². The Hall–Kier alpha value is -2.58. The lowest BCUT2D eigenvalue weighted by Crippen LogP contribution is -2.20. The molecule has 0 atom stereocenters. The Bertz CT molecular complexity index is 701. The summed E-state index contributed by atoms with van der Waals surface area (Å²) in [5, 5.41) is 0. The minimum absolute atomic E-state index is 0.792. The van der Waals surface area contributed by atoms with Crippen LogP contribution in [0.25, 0.3) is 11.1 Å². The van der Waals surface area contributed by atoms with E-state index in [0.29, 0.717) is 0 Å². The Labute approximate surface area is 131 Å². The van der Waals surface area contributed by atoms with Gasteiger partial charge in [0.05, 0.1) is 0 Å². The lowest BCUT2D eigenvalue weighted by atomic mass is 10.0. The molecular weight excluding hydrogens is 268 g/mol. The van der Waals surface area contributed by atoms with E-state index in [4.69, 9.17) is 0 Å². The Balaban J connectivity index is 1.58. The van der Waals surface area contributed by atoms with Crippen molar-refractivity contribution in [3.8, 4) is 11.1 Å². The van der Waals surface area contributed by atoms with Gasteiger partial charge in [0.2, 0.25) is 0 Å². The van der Waals surface area contributed by atoms with Gasteiger partial charge in [0.25, 0.3) is 0 Å². The van der Waals surface area contributed by atoms with Gasteiger partial charge in [0.15, 0.2) is 0 Å². The Morgan fingerprint density at radius 3 is 1.91 bits per heavy atom. The van der Waals surface area contributed by atoms with Crippen molar-refractivity contribution < 1.29 is 0 Å².